The second kappa shape index (κ2) is 5.68. The van der Waals surface area contributed by atoms with Gasteiger partial charge in [-0.15, -0.1) is 0 Å². The second-order valence-corrected chi connectivity index (χ2v) is 4.10. The van der Waals surface area contributed by atoms with Crippen LogP contribution in [0, 0.1) is 0 Å². The van der Waals surface area contributed by atoms with E-state index in [4.69, 9.17) is 19.0 Å². The molecule has 0 amide bonds. The topological polar surface area (TPSA) is 130 Å². The van der Waals surface area contributed by atoms with Crippen LogP contribution in [0.1, 0.15) is 0 Å². The summed E-state index contributed by atoms with van der Waals surface area (Å²) in [6, 6.07) is 1.11. The Bertz CT molecular complexity index is 470. The highest BCUT2D eigenvalue weighted by atomic mass is 16.7. The van der Waals surface area contributed by atoms with Gasteiger partial charge in [0.05, 0.1) is 12.9 Å². The zero-order chi connectivity index (χ0) is 14.0. The third-order valence-corrected chi connectivity index (χ3v) is 2.81. The van der Waals surface area contributed by atoms with Crippen LogP contribution >= 0.6 is 0 Å². The normalized spacial score (nSPS) is 35.1. The first-order chi connectivity index (χ1) is 9.04. The van der Waals surface area contributed by atoms with Gasteiger partial charge in [0.2, 0.25) is 17.5 Å². The van der Waals surface area contributed by atoms with E-state index in [9.17, 15) is 20.1 Å². The molecule has 0 aromatic carbocycles. The average Bonchev–Trinajstić information content (AvgIpc) is 2.41. The van der Waals surface area contributed by atoms with Crippen LogP contribution in [0.15, 0.2) is 27.8 Å². The first-order valence-electron chi connectivity index (χ1n) is 5.58. The van der Waals surface area contributed by atoms with Gasteiger partial charge in [-0.05, 0) is 0 Å². The fourth-order valence-electron chi connectivity index (χ4n) is 1.72. The van der Waals surface area contributed by atoms with E-state index in [0.29, 0.717) is 0 Å². The molecule has 0 bridgehead atoms. The molecule has 2 rings (SSSR count). The van der Waals surface area contributed by atoms with Crippen LogP contribution in [0.25, 0.3) is 0 Å². The summed E-state index contributed by atoms with van der Waals surface area (Å²) in [6.07, 6.45) is -4.94. The molecule has 1 aromatic rings. The van der Waals surface area contributed by atoms with Crippen molar-refractivity contribution >= 4 is 0 Å². The monoisotopic (exact) mass is 274 g/mol. The van der Waals surface area contributed by atoms with Crippen molar-refractivity contribution in [3.8, 4) is 5.75 Å². The highest BCUT2D eigenvalue weighted by molar-refractivity contribution is 5.14. The summed E-state index contributed by atoms with van der Waals surface area (Å²) in [5.41, 5.74) is -0.497. The molecular weight excluding hydrogens is 260 g/mol. The van der Waals surface area contributed by atoms with Crippen molar-refractivity contribution in [3.63, 3.8) is 0 Å². The third-order valence-electron chi connectivity index (χ3n) is 2.81. The summed E-state index contributed by atoms with van der Waals surface area (Å²) in [5.74, 6) is -0.216. The molecular formula is C11H14O8. The molecule has 1 aliphatic heterocycles. The van der Waals surface area contributed by atoms with Gasteiger partial charge in [0.15, 0.2) is 0 Å². The van der Waals surface area contributed by atoms with E-state index < -0.39 is 42.7 Å². The lowest BCUT2D eigenvalue weighted by Crippen LogP contribution is -2.60. The van der Waals surface area contributed by atoms with Gasteiger partial charge >= 0.3 is 0 Å². The molecule has 0 aliphatic carbocycles. The smallest absolute Gasteiger partial charge is 0.229 e. The maximum Gasteiger partial charge on any atom is 0.229 e. The fourth-order valence-corrected chi connectivity index (χ4v) is 1.72. The highest BCUT2D eigenvalue weighted by Crippen LogP contribution is 2.22. The Kier molecular flexibility index (Phi) is 4.17. The van der Waals surface area contributed by atoms with Gasteiger partial charge in [-0.25, -0.2) is 0 Å². The summed E-state index contributed by atoms with van der Waals surface area (Å²) in [5, 5.41) is 37.8. The molecule has 19 heavy (non-hydrogen) atoms. The lowest BCUT2D eigenvalue weighted by molar-refractivity contribution is -0.277. The van der Waals surface area contributed by atoms with Crippen LogP contribution in [-0.2, 0) is 4.74 Å². The molecule has 2 heterocycles. The molecule has 5 atom stereocenters. The van der Waals surface area contributed by atoms with Crippen molar-refractivity contribution in [2.45, 2.75) is 30.7 Å². The van der Waals surface area contributed by atoms with E-state index in [-0.39, 0.29) is 5.75 Å². The minimum atomic E-state index is -1.57. The molecule has 4 N–H and O–H groups in total. The Labute approximate surface area is 107 Å². The quantitative estimate of drug-likeness (QED) is 0.489. The number of aliphatic hydroxyl groups excluding tert-OH is 4. The third kappa shape index (κ3) is 2.77. The van der Waals surface area contributed by atoms with E-state index in [2.05, 4.69) is 0 Å². The van der Waals surface area contributed by atoms with Crippen molar-refractivity contribution < 1.29 is 34.3 Å². The summed E-state index contributed by atoms with van der Waals surface area (Å²) in [4.78, 5) is 11.4. The Morgan fingerprint density at radius 3 is 2.58 bits per heavy atom. The molecule has 106 valence electrons. The Morgan fingerprint density at radius 1 is 1.21 bits per heavy atom. The summed E-state index contributed by atoms with van der Waals surface area (Å²) >= 11 is 0. The average molecular weight is 274 g/mol. The summed E-state index contributed by atoms with van der Waals surface area (Å²) in [6.45, 7) is -0.575. The van der Waals surface area contributed by atoms with Crippen LogP contribution < -0.4 is 10.2 Å². The van der Waals surface area contributed by atoms with Gasteiger partial charge in [0, 0.05) is 6.07 Å². The SMILES string of the molecule is O=c1ccocc1OC1OC(CO)C(O)C(O)C1O. The molecule has 8 heteroatoms. The Balaban J connectivity index is 2.15. The van der Waals surface area contributed by atoms with Gasteiger partial charge in [-0.2, -0.15) is 0 Å². The van der Waals surface area contributed by atoms with Crippen molar-refractivity contribution in [3.05, 3.63) is 28.8 Å². The second-order valence-electron chi connectivity index (χ2n) is 4.10. The van der Waals surface area contributed by atoms with Gasteiger partial charge in [-0.3, -0.25) is 4.79 Å². The van der Waals surface area contributed by atoms with Crippen LogP contribution in [0.2, 0.25) is 0 Å². The standard InChI is InChI=1S/C11H14O8/c12-3-6-8(14)9(15)10(16)11(18-6)19-7-4-17-2-1-5(7)13/h1-2,4,6,8-12,14-16H,3H2. The summed E-state index contributed by atoms with van der Waals surface area (Å²) in [7, 11) is 0. The van der Waals surface area contributed by atoms with E-state index in [1.54, 1.807) is 0 Å². The number of hydrogen-bond donors (Lipinski definition) is 4. The van der Waals surface area contributed by atoms with Crippen LogP contribution in [-0.4, -0.2) is 57.7 Å². The molecule has 1 fully saturated rings. The van der Waals surface area contributed by atoms with E-state index in [1.807, 2.05) is 0 Å². The van der Waals surface area contributed by atoms with Crippen LogP contribution in [0.4, 0.5) is 0 Å². The number of hydrogen-bond acceptors (Lipinski definition) is 8. The first-order valence-corrected chi connectivity index (χ1v) is 5.58. The van der Waals surface area contributed by atoms with Crippen molar-refractivity contribution in [2.75, 3.05) is 6.61 Å². The molecule has 0 spiro atoms. The zero-order valence-corrected chi connectivity index (χ0v) is 9.75. The lowest BCUT2D eigenvalue weighted by Gasteiger charge is -2.39. The minimum absolute atomic E-state index is 0.216. The molecule has 0 saturated carbocycles. The molecule has 5 unspecified atom stereocenters. The minimum Gasteiger partial charge on any atom is -0.468 e. The first kappa shape index (κ1) is 14.0. The van der Waals surface area contributed by atoms with Crippen molar-refractivity contribution in [2.24, 2.45) is 0 Å². The van der Waals surface area contributed by atoms with Crippen LogP contribution in [0.3, 0.4) is 0 Å². The highest BCUT2D eigenvalue weighted by Gasteiger charge is 2.44. The number of ether oxygens (including phenoxy) is 2. The van der Waals surface area contributed by atoms with E-state index >= 15 is 0 Å². The largest absolute Gasteiger partial charge is 0.468 e. The maximum atomic E-state index is 11.4. The molecule has 1 aromatic heterocycles. The number of aliphatic hydroxyl groups is 4. The fraction of sp³-hybridized carbons (Fsp3) is 0.545. The van der Waals surface area contributed by atoms with E-state index in [1.165, 1.54) is 0 Å². The van der Waals surface area contributed by atoms with Crippen molar-refractivity contribution in [1.29, 1.82) is 0 Å². The number of rotatable bonds is 3. The predicted molar refractivity (Wildman–Crippen MR) is 59.4 cm³/mol. The lowest BCUT2D eigenvalue weighted by atomic mass is 9.99. The molecule has 1 saturated heterocycles. The molecule has 1 aliphatic rings. The molecule has 0 radical (unpaired) electrons. The zero-order valence-electron chi connectivity index (χ0n) is 9.75. The Morgan fingerprint density at radius 2 is 1.95 bits per heavy atom. The summed E-state index contributed by atoms with van der Waals surface area (Å²) < 4.78 is 14.9. The predicted octanol–water partition coefficient (Wildman–Crippen LogP) is -2.18. The van der Waals surface area contributed by atoms with Gasteiger partial charge in [-0.1, -0.05) is 0 Å². The Hall–Kier alpha value is -1.45. The maximum absolute atomic E-state index is 11.4. The van der Waals surface area contributed by atoms with Crippen LogP contribution in [0.5, 0.6) is 5.75 Å². The van der Waals surface area contributed by atoms with Crippen molar-refractivity contribution in [1.82, 2.24) is 0 Å². The van der Waals surface area contributed by atoms with Gasteiger partial charge in [0.1, 0.15) is 30.7 Å². The van der Waals surface area contributed by atoms with Gasteiger partial charge < -0.3 is 34.3 Å². The van der Waals surface area contributed by atoms with E-state index in [0.717, 1.165) is 18.6 Å². The van der Waals surface area contributed by atoms with Gasteiger partial charge in [0.25, 0.3) is 0 Å². The molecule has 8 nitrogen and oxygen atoms in total.